The molecule has 4 N–H and O–H groups in total. The molecule has 0 saturated carbocycles. The van der Waals surface area contributed by atoms with E-state index >= 15 is 0 Å². The SMILES string of the molecule is CCn1cc[n+](CC)c1C1C2C=CC(N2)C(c2n(CC)cc[n+]2CC)C2CCC(N2)C(c2n(CC)cc[n+]2CC)C2C=CC(N2)C(c2n(CC)cc[n+]2CC)C2CCC1N2. The van der Waals surface area contributed by atoms with Crippen LogP contribution in [-0.2, 0) is 52.4 Å². The molecule has 60 heavy (non-hydrogen) atoms. The molecule has 4 aromatic rings. The average Bonchev–Trinajstić information content (AvgIpc) is 4.13. The molecule has 0 aromatic carbocycles. The number of aromatic nitrogens is 8. The van der Waals surface area contributed by atoms with Crippen LogP contribution in [0.15, 0.2) is 73.9 Å². The minimum Gasteiger partial charge on any atom is -0.309 e. The number of nitrogens with zero attached hydrogens (tertiary/aromatic N) is 8. The van der Waals surface area contributed by atoms with Gasteiger partial charge < -0.3 is 21.3 Å². The molecule has 12 unspecified atom stereocenters. The second kappa shape index (κ2) is 17.5. The fourth-order valence-electron chi connectivity index (χ4n) is 12.7. The van der Waals surface area contributed by atoms with E-state index in [2.05, 4.69) is 187 Å². The van der Waals surface area contributed by atoms with Crippen molar-refractivity contribution >= 4 is 0 Å². The van der Waals surface area contributed by atoms with E-state index in [1.807, 2.05) is 0 Å². The summed E-state index contributed by atoms with van der Waals surface area (Å²) >= 11 is 0. The molecule has 12 heteroatoms. The van der Waals surface area contributed by atoms with E-state index in [9.17, 15) is 0 Å². The van der Waals surface area contributed by atoms with Crippen LogP contribution in [0.25, 0.3) is 0 Å². The summed E-state index contributed by atoms with van der Waals surface area (Å²) in [6, 6.07) is 2.10. The zero-order valence-electron chi connectivity index (χ0n) is 37.9. The Bertz CT molecular complexity index is 1770. The average molecular weight is 821 g/mol. The van der Waals surface area contributed by atoms with Gasteiger partial charge in [-0.2, -0.15) is 0 Å². The Hall–Kier alpha value is -3.84. The predicted molar refractivity (Wildman–Crippen MR) is 234 cm³/mol. The molecule has 0 spiro atoms. The van der Waals surface area contributed by atoms with Gasteiger partial charge in [-0.25, -0.2) is 36.5 Å². The Balaban J connectivity index is 1.21. The Labute approximate surface area is 359 Å². The normalized spacial score (nSPS) is 32.5. The summed E-state index contributed by atoms with van der Waals surface area (Å²) in [5.74, 6) is 6.86. The highest BCUT2D eigenvalue weighted by Crippen LogP contribution is 2.42. The number of imidazole rings is 4. The van der Waals surface area contributed by atoms with Crippen LogP contribution in [0.5, 0.6) is 0 Å². The van der Waals surface area contributed by atoms with E-state index in [4.69, 9.17) is 0 Å². The molecular weight excluding hydrogens is 745 g/mol. The van der Waals surface area contributed by atoms with E-state index < -0.39 is 0 Å². The number of hydrogen-bond donors (Lipinski definition) is 4. The molecule has 9 rings (SSSR count). The van der Waals surface area contributed by atoms with Gasteiger partial charge in [-0.1, -0.05) is 24.3 Å². The van der Waals surface area contributed by atoms with Gasteiger partial charge in [-0.15, -0.1) is 0 Å². The standard InChI is InChI=1S/C48H76N12/c1-9-53-25-26-54(10-2)45(53)41-33-17-19-35(49-33)42(46-55(11-3)27-28-56(46)12-4)37-21-23-39(51-37)44(48-59(15-7)31-32-60(48)16-8)40-24-22-38(52-40)43(36-20-18-34(41)50-36)47-57(13-5)29-30-58(47)14-6/h17,19,22,24-44,49-52H,9-16,18,20-21,23H2,1-8H3/q+4. The van der Waals surface area contributed by atoms with Gasteiger partial charge in [0.25, 0.3) is 23.3 Å². The van der Waals surface area contributed by atoms with Crippen LogP contribution in [0.4, 0.5) is 0 Å². The van der Waals surface area contributed by atoms with Gasteiger partial charge in [-0.05, 0) is 81.1 Å². The fraction of sp³-hybridized carbons (Fsp3) is 0.667. The van der Waals surface area contributed by atoms with E-state index in [-0.39, 0.29) is 47.8 Å². The summed E-state index contributed by atoms with van der Waals surface area (Å²) in [4.78, 5) is 0. The van der Waals surface area contributed by atoms with E-state index in [1.54, 1.807) is 0 Å². The van der Waals surface area contributed by atoms with Crippen LogP contribution in [0.2, 0.25) is 0 Å². The quantitative estimate of drug-likeness (QED) is 0.130. The minimum absolute atomic E-state index is 0.202. The lowest BCUT2D eigenvalue weighted by molar-refractivity contribution is -0.702. The first-order chi connectivity index (χ1) is 29.4. The van der Waals surface area contributed by atoms with Gasteiger partial charge in [-0.3, -0.25) is 0 Å². The second-order valence-electron chi connectivity index (χ2n) is 18.1. The smallest absolute Gasteiger partial charge is 0.263 e. The zero-order chi connectivity index (χ0) is 41.7. The van der Waals surface area contributed by atoms with Crippen molar-refractivity contribution < 1.29 is 18.3 Å². The molecule has 8 bridgehead atoms. The summed E-state index contributed by atoms with van der Waals surface area (Å²) < 4.78 is 20.3. The third-order valence-corrected chi connectivity index (χ3v) is 15.5. The molecule has 0 aliphatic carbocycles. The van der Waals surface area contributed by atoms with Crippen molar-refractivity contribution in [2.24, 2.45) is 0 Å². The van der Waals surface area contributed by atoms with E-state index in [1.165, 1.54) is 23.3 Å². The molecule has 0 radical (unpaired) electrons. The van der Waals surface area contributed by atoms with Crippen molar-refractivity contribution in [1.29, 1.82) is 0 Å². The Morgan fingerprint density at radius 3 is 0.817 bits per heavy atom. The van der Waals surface area contributed by atoms with Gasteiger partial charge >= 0.3 is 0 Å². The third kappa shape index (κ3) is 6.97. The van der Waals surface area contributed by atoms with Crippen LogP contribution < -0.4 is 39.5 Å². The van der Waals surface area contributed by atoms with Gasteiger partial charge in [0.1, 0.15) is 49.6 Å². The first-order valence-electron chi connectivity index (χ1n) is 24.1. The molecule has 3 fully saturated rings. The number of hydrogen-bond acceptors (Lipinski definition) is 4. The van der Waals surface area contributed by atoms with Crippen LogP contribution in [0, 0.1) is 0 Å². The summed E-state index contributed by atoms with van der Waals surface area (Å²) in [5, 5.41) is 17.8. The van der Waals surface area contributed by atoms with Crippen LogP contribution in [0.3, 0.4) is 0 Å². The zero-order valence-corrected chi connectivity index (χ0v) is 37.9. The Morgan fingerprint density at radius 2 is 0.617 bits per heavy atom. The highest BCUT2D eigenvalue weighted by Gasteiger charge is 2.53. The van der Waals surface area contributed by atoms with E-state index in [0.29, 0.717) is 24.2 Å². The number of aryl methyl sites for hydroxylation is 8. The molecule has 4 aromatic heterocycles. The van der Waals surface area contributed by atoms with E-state index in [0.717, 1.165) is 78.0 Å². The lowest BCUT2D eigenvalue weighted by atomic mass is 9.87. The number of fused-ring (bicyclic) bond motifs is 8. The molecule has 9 heterocycles. The topological polar surface area (TPSA) is 83.4 Å². The van der Waals surface area contributed by atoms with Gasteiger partial charge in [0, 0.05) is 48.3 Å². The maximum atomic E-state index is 4.47. The minimum atomic E-state index is 0.202. The number of rotatable bonds is 12. The maximum absolute atomic E-state index is 4.47. The summed E-state index contributed by atoms with van der Waals surface area (Å²) in [5.41, 5.74) is 0. The molecule has 3 saturated heterocycles. The monoisotopic (exact) mass is 821 g/mol. The molecule has 324 valence electrons. The van der Waals surface area contributed by atoms with Crippen molar-refractivity contribution in [1.82, 2.24) is 39.5 Å². The lowest BCUT2D eigenvalue weighted by Gasteiger charge is -2.35. The van der Waals surface area contributed by atoms with Gasteiger partial charge in [0.05, 0.1) is 76.0 Å². The highest BCUT2D eigenvalue weighted by atomic mass is 15.2. The molecule has 0 amide bonds. The van der Waals surface area contributed by atoms with Crippen LogP contribution >= 0.6 is 0 Å². The molecular formula is C48H76N12+4. The molecule has 5 aliphatic rings. The van der Waals surface area contributed by atoms with Crippen molar-refractivity contribution in [2.75, 3.05) is 0 Å². The second-order valence-corrected chi connectivity index (χ2v) is 18.1. The number of nitrogens with one attached hydrogen (secondary N) is 4. The van der Waals surface area contributed by atoms with Crippen molar-refractivity contribution in [2.45, 2.75) is 205 Å². The Kier molecular flexibility index (Phi) is 12.1. The Morgan fingerprint density at radius 1 is 0.383 bits per heavy atom. The fourth-order valence-corrected chi connectivity index (χ4v) is 12.7. The summed E-state index contributed by atoms with van der Waals surface area (Å²) in [7, 11) is 0. The first kappa shape index (κ1) is 41.5. The predicted octanol–water partition coefficient (Wildman–Crippen LogP) is 3.68. The maximum Gasteiger partial charge on any atom is 0.263 e. The van der Waals surface area contributed by atoms with Gasteiger partial charge in [0.15, 0.2) is 0 Å². The van der Waals surface area contributed by atoms with Crippen molar-refractivity contribution in [3.63, 3.8) is 0 Å². The van der Waals surface area contributed by atoms with Crippen molar-refractivity contribution in [3.8, 4) is 0 Å². The van der Waals surface area contributed by atoms with Gasteiger partial charge in [0.2, 0.25) is 0 Å². The van der Waals surface area contributed by atoms with Crippen molar-refractivity contribution in [3.05, 3.63) is 97.2 Å². The van der Waals surface area contributed by atoms with Crippen LogP contribution in [0.1, 0.15) is 128 Å². The third-order valence-electron chi connectivity index (χ3n) is 15.5. The van der Waals surface area contributed by atoms with Crippen LogP contribution in [-0.4, -0.2) is 66.6 Å². The first-order valence-corrected chi connectivity index (χ1v) is 24.1. The molecule has 12 nitrogen and oxygen atoms in total. The molecule has 12 atom stereocenters. The summed E-state index contributed by atoms with van der Waals surface area (Å²) in [6.07, 6.45) is 33.5. The largest absolute Gasteiger partial charge is 0.309 e. The lowest BCUT2D eigenvalue weighted by Crippen LogP contribution is -2.57. The summed E-state index contributed by atoms with van der Waals surface area (Å²) in [6.45, 7) is 26.2. The molecule has 5 aliphatic heterocycles. The highest BCUT2D eigenvalue weighted by molar-refractivity contribution is 5.28.